The Bertz CT molecular complexity index is 467. The molecule has 0 aliphatic rings. The number of likely N-dealkylation sites (N-methyl/N-ethyl adjacent to an activating group) is 1. The molecule has 1 rings (SSSR count). The number of carbonyl (C=O) groups is 1. The van der Waals surface area contributed by atoms with Crippen molar-refractivity contribution in [2.45, 2.75) is 26.4 Å². The second-order valence-electron chi connectivity index (χ2n) is 5.05. The number of hydrogen-bond acceptors (Lipinski definition) is 2. The molecule has 1 aromatic rings. The largest absolute Gasteiger partial charge is 0.389 e. The fourth-order valence-electron chi connectivity index (χ4n) is 1.68. The van der Waals surface area contributed by atoms with Crippen LogP contribution in [0.1, 0.15) is 29.8 Å². The Balaban J connectivity index is 3.01. The Kier molecular flexibility index (Phi) is 4.06. The number of hydrogen-bond donors (Lipinski definition) is 1. The number of nitrogens with zero attached hydrogens (tertiary/aromatic N) is 1. The second-order valence-corrected chi connectivity index (χ2v) is 5.05. The van der Waals surface area contributed by atoms with E-state index in [0.29, 0.717) is 6.07 Å². The van der Waals surface area contributed by atoms with E-state index in [1.165, 1.54) is 24.9 Å². The minimum atomic E-state index is -1.07. The van der Waals surface area contributed by atoms with Gasteiger partial charge in [0.1, 0.15) is 11.6 Å². The molecule has 0 heterocycles. The molecule has 0 aromatic heterocycles. The van der Waals surface area contributed by atoms with Crippen LogP contribution in [0, 0.1) is 18.6 Å². The van der Waals surface area contributed by atoms with Crippen LogP contribution in [0.5, 0.6) is 0 Å². The van der Waals surface area contributed by atoms with Gasteiger partial charge in [-0.2, -0.15) is 0 Å². The molecule has 5 heteroatoms. The molecule has 3 nitrogen and oxygen atoms in total. The summed E-state index contributed by atoms with van der Waals surface area (Å²) in [5.74, 6) is -2.17. The van der Waals surface area contributed by atoms with Crippen molar-refractivity contribution in [1.29, 1.82) is 0 Å². The molecule has 0 aliphatic heterocycles. The van der Waals surface area contributed by atoms with Gasteiger partial charge in [-0.15, -0.1) is 0 Å². The van der Waals surface area contributed by atoms with Crippen LogP contribution in [0.25, 0.3) is 0 Å². The zero-order valence-corrected chi connectivity index (χ0v) is 10.9. The quantitative estimate of drug-likeness (QED) is 0.901. The van der Waals surface area contributed by atoms with Crippen molar-refractivity contribution in [3.63, 3.8) is 0 Å². The fraction of sp³-hybridized carbons (Fsp3) is 0.462. The van der Waals surface area contributed by atoms with Crippen LogP contribution in [-0.2, 0) is 0 Å². The van der Waals surface area contributed by atoms with Gasteiger partial charge in [0.15, 0.2) is 0 Å². The Labute approximate surface area is 105 Å². The summed E-state index contributed by atoms with van der Waals surface area (Å²) in [5, 5.41) is 9.60. The topological polar surface area (TPSA) is 40.5 Å². The molecule has 0 atom stereocenters. The highest BCUT2D eigenvalue weighted by Crippen LogP contribution is 2.16. The highest BCUT2D eigenvalue weighted by atomic mass is 19.1. The average molecular weight is 257 g/mol. The molecule has 0 spiro atoms. The van der Waals surface area contributed by atoms with Gasteiger partial charge < -0.3 is 10.0 Å². The van der Waals surface area contributed by atoms with Gasteiger partial charge in [0.25, 0.3) is 5.91 Å². The molecule has 100 valence electrons. The first kappa shape index (κ1) is 14.6. The van der Waals surface area contributed by atoms with E-state index in [2.05, 4.69) is 0 Å². The smallest absolute Gasteiger partial charge is 0.256 e. The summed E-state index contributed by atoms with van der Waals surface area (Å²) in [7, 11) is 1.46. The number of carbonyl (C=O) groups excluding carboxylic acids is 1. The number of benzene rings is 1. The van der Waals surface area contributed by atoms with E-state index in [1.54, 1.807) is 13.8 Å². The van der Waals surface area contributed by atoms with E-state index in [9.17, 15) is 18.7 Å². The van der Waals surface area contributed by atoms with Crippen molar-refractivity contribution in [2.24, 2.45) is 0 Å². The van der Waals surface area contributed by atoms with Crippen molar-refractivity contribution in [3.05, 3.63) is 34.9 Å². The Morgan fingerprint density at radius 3 is 2.39 bits per heavy atom. The van der Waals surface area contributed by atoms with E-state index in [-0.39, 0.29) is 17.7 Å². The van der Waals surface area contributed by atoms with Crippen LogP contribution in [0.2, 0.25) is 0 Å². The van der Waals surface area contributed by atoms with Gasteiger partial charge >= 0.3 is 0 Å². The van der Waals surface area contributed by atoms with Crippen LogP contribution in [0.4, 0.5) is 8.78 Å². The van der Waals surface area contributed by atoms with E-state index in [1.807, 2.05) is 0 Å². The summed E-state index contributed by atoms with van der Waals surface area (Å²) in [5.41, 5.74) is -1.06. The first-order valence-corrected chi connectivity index (χ1v) is 5.55. The molecule has 0 saturated carbocycles. The van der Waals surface area contributed by atoms with Gasteiger partial charge in [-0.3, -0.25) is 4.79 Å². The van der Waals surface area contributed by atoms with Gasteiger partial charge in [0.2, 0.25) is 0 Å². The van der Waals surface area contributed by atoms with Crippen LogP contribution in [0.3, 0.4) is 0 Å². The van der Waals surface area contributed by atoms with Gasteiger partial charge in [-0.1, -0.05) is 0 Å². The molecule has 0 bridgehead atoms. The van der Waals surface area contributed by atoms with E-state index < -0.39 is 23.1 Å². The summed E-state index contributed by atoms with van der Waals surface area (Å²) >= 11 is 0. The molecule has 18 heavy (non-hydrogen) atoms. The summed E-state index contributed by atoms with van der Waals surface area (Å²) < 4.78 is 26.6. The zero-order valence-electron chi connectivity index (χ0n) is 10.9. The van der Waals surface area contributed by atoms with Crippen LogP contribution in [0.15, 0.2) is 12.1 Å². The summed E-state index contributed by atoms with van der Waals surface area (Å²) in [6, 6.07) is 1.87. The first-order valence-electron chi connectivity index (χ1n) is 5.55. The number of halogens is 2. The standard InChI is InChI=1S/C13H17F2NO2/c1-8-5-9(11(15)6-10(8)14)12(17)16(4)7-13(2,3)18/h5-6,18H,7H2,1-4H3. The van der Waals surface area contributed by atoms with Gasteiger partial charge in [-0.05, 0) is 32.4 Å². The predicted octanol–water partition coefficient (Wildman–Crippen LogP) is 2.12. The molecule has 0 radical (unpaired) electrons. The van der Waals surface area contributed by atoms with Crippen molar-refractivity contribution < 1.29 is 18.7 Å². The Morgan fingerprint density at radius 1 is 1.33 bits per heavy atom. The minimum absolute atomic E-state index is 0.0572. The predicted molar refractivity (Wildman–Crippen MR) is 64.4 cm³/mol. The first-order chi connectivity index (χ1) is 8.11. The fourth-order valence-corrected chi connectivity index (χ4v) is 1.68. The third-order valence-electron chi connectivity index (χ3n) is 2.45. The lowest BCUT2D eigenvalue weighted by Gasteiger charge is -2.25. The number of aryl methyl sites for hydroxylation is 1. The summed E-state index contributed by atoms with van der Waals surface area (Å²) in [6.07, 6.45) is 0. The highest BCUT2D eigenvalue weighted by Gasteiger charge is 2.23. The molecule has 1 N–H and O–H groups in total. The van der Waals surface area contributed by atoms with Crippen molar-refractivity contribution in [3.8, 4) is 0 Å². The number of aliphatic hydroxyl groups is 1. The van der Waals surface area contributed by atoms with Crippen molar-refractivity contribution >= 4 is 5.91 Å². The molecular weight excluding hydrogens is 240 g/mol. The van der Waals surface area contributed by atoms with Crippen molar-refractivity contribution in [2.75, 3.05) is 13.6 Å². The minimum Gasteiger partial charge on any atom is -0.389 e. The van der Waals surface area contributed by atoms with Crippen LogP contribution in [-0.4, -0.2) is 35.1 Å². The van der Waals surface area contributed by atoms with E-state index in [4.69, 9.17) is 0 Å². The Hall–Kier alpha value is -1.49. The molecule has 0 unspecified atom stereocenters. The maximum absolute atomic E-state index is 13.5. The zero-order chi connectivity index (χ0) is 14.1. The average Bonchev–Trinajstić information content (AvgIpc) is 2.20. The lowest BCUT2D eigenvalue weighted by atomic mass is 10.1. The number of rotatable bonds is 3. The van der Waals surface area contributed by atoms with Crippen LogP contribution >= 0.6 is 0 Å². The monoisotopic (exact) mass is 257 g/mol. The van der Waals surface area contributed by atoms with E-state index in [0.717, 1.165) is 0 Å². The van der Waals surface area contributed by atoms with Gasteiger partial charge in [-0.25, -0.2) is 8.78 Å². The van der Waals surface area contributed by atoms with Crippen molar-refractivity contribution in [1.82, 2.24) is 4.90 Å². The lowest BCUT2D eigenvalue weighted by Crippen LogP contribution is -2.40. The SMILES string of the molecule is Cc1cc(C(=O)N(C)CC(C)(C)O)c(F)cc1F. The maximum Gasteiger partial charge on any atom is 0.256 e. The molecule has 1 amide bonds. The van der Waals surface area contributed by atoms with Gasteiger partial charge in [0, 0.05) is 19.7 Å². The third kappa shape index (κ3) is 3.50. The maximum atomic E-state index is 13.5. The molecule has 0 aliphatic carbocycles. The highest BCUT2D eigenvalue weighted by molar-refractivity contribution is 5.94. The second kappa shape index (κ2) is 5.02. The van der Waals surface area contributed by atoms with E-state index >= 15 is 0 Å². The molecule has 1 aromatic carbocycles. The molecule has 0 saturated heterocycles. The Morgan fingerprint density at radius 2 is 1.89 bits per heavy atom. The van der Waals surface area contributed by atoms with Crippen LogP contribution < -0.4 is 0 Å². The molecule has 0 fully saturated rings. The summed E-state index contributed by atoms with van der Waals surface area (Å²) in [4.78, 5) is 13.2. The summed E-state index contributed by atoms with van der Waals surface area (Å²) in [6.45, 7) is 4.61. The number of amides is 1. The third-order valence-corrected chi connectivity index (χ3v) is 2.45. The van der Waals surface area contributed by atoms with Gasteiger partial charge in [0.05, 0.1) is 11.2 Å². The molecular formula is C13H17F2NO2. The normalized spacial score (nSPS) is 11.5. The lowest BCUT2D eigenvalue weighted by molar-refractivity contribution is 0.0365.